The summed E-state index contributed by atoms with van der Waals surface area (Å²) in [5, 5.41) is 14.3. The molecule has 1 fully saturated rings. The molecule has 0 saturated heterocycles. The Morgan fingerprint density at radius 3 is 2.73 bits per heavy atom. The molecule has 0 aromatic heterocycles. The van der Waals surface area contributed by atoms with Crippen molar-refractivity contribution in [2.45, 2.75) is 44.0 Å². The van der Waals surface area contributed by atoms with Crippen LogP contribution >= 0.6 is 11.8 Å². The highest BCUT2D eigenvalue weighted by Gasteiger charge is 2.28. The highest BCUT2D eigenvalue weighted by Crippen LogP contribution is 2.31. The van der Waals surface area contributed by atoms with Crippen molar-refractivity contribution < 1.29 is 19.2 Å². The van der Waals surface area contributed by atoms with E-state index in [1.165, 1.54) is 31.7 Å². The summed E-state index contributed by atoms with van der Waals surface area (Å²) in [6, 6.07) is 4.28. The fourth-order valence-corrected chi connectivity index (χ4v) is 4.02. The Labute approximate surface area is 157 Å². The number of hydrogen-bond acceptors (Lipinski definition) is 6. The van der Waals surface area contributed by atoms with Gasteiger partial charge in [0.15, 0.2) is 0 Å². The highest BCUT2D eigenvalue weighted by atomic mass is 32.2. The molecule has 0 radical (unpaired) electrons. The zero-order valence-corrected chi connectivity index (χ0v) is 16.0. The number of esters is 1. The third-order valence-electron chi connectivity index (χ3n) is 4.99. The molecule has 2 rings (SSSR count). The summed E-state index contributed by atoms with van der Waals surface area (Å²) in [5.41, 5.74) is -0.0941. The van der Waals surface area contributed by atoms with Crippen molar-refractivity contribution in [1.29, 1.82) is 0 Å². The maximum atomic E-state index is 12.3. The molecule has 0 spiro atoms. The van der Waals surface area contributed by atoms with Gasteiger partial charge in [-0.25, -0.2) is 4.79 Å². The van der Waals surface area contributed by atoms with Gasteiger partial charge in [0, 0.05) is 12.1 Å². The lowest BCUT2D eigenvalue weighted by Gasteiger charge is -2.34. The van der Waals surface area contributed by atoms with Crippen LogP contribution in [0, 0.1) is 22.0 Å². The van der Waals surface area contributed by atoms with Crippen molar-refractivity contribution in [2.24, 2.45) is 11.8 Å². The number of rotatable bonds is 6. The number of hydrogen-bond donors (Lipinski definition) is 1. The van der Waals surface area contributed by atoms with Gasteiger partial charge in [0.05, 0.1) is 28.2 Å². The van der Waals surface area contributed by atoms with Gasteiger partial charge >= 0.3 is 5.97 Å². The minimum absolute atomic E-state index is 0.0933. The van der Waals surface area contributed by atoms with Crippen molar-refractivity contribution in [1.82, 2.24) is 5.32 Å². The second kappa shape index (κ2) is 9.02. The second-order valence-corrected chi connectivity index (χ2v) is 7.68. The zero-order valence-electron chi connectivity index (χ0n) is 15.2. The minimum Gasteiger partial charge on any atom is -0.465 e. The lowest BCUT2D eigenvalue weighted by atomic mass is 9.78. The fourth-order valence-electron chi connectivity index (χ4n) is 3.20. The van der Waals surface area contributed by atoms with Gasteiger partial charge in [-0.15, -0.1) is 11.8 Å². The van der Waals surface area contributed by atoms with Crippen LogP contribution in [0.1, 0.15) is 43.5 Å². The Hall–Kier alpha value is -2.09. The molecular formula is C18H24N2O5S. The second-order valence-electron chi connectivity index (χ2n) is 6.66. The Bertz CT molecular complexity index is 694. The molecule has 1 aromatic rings. The quantitative estimate of drug-likeness (QED) is 0.351. The van der Waals surface area contributed by atoms with E-state index in [9.17, 15) is 19.7 Å². The van der Waals surface area contributed by atoms with E-state index in [0.717, 1.165) is 24.6 Å². The standard InChI is InChI=1S/C18H24N2O5S/c1-11-5-4-6-14(12(11)2)19-17(21)10-26-16-8-7-13(18(22)25-3)9-15(16)20(23)24/h7-9,11-12,14H,4-6,10H2,1-3H3,(H,19,21)/t11-,12-,14+/m0/s1. The van der Waals surface area contributed by atoms with E-state index in [0.29, 0.717) is 16.7 Å². The largest absolute Gasteiger partial charge is 0.465 e. The van der Waals surface area contributed by atoms with Crippen LogP contribution in [0.5, 0.6) is 0 Å². The third-order valence-corrected chi connectivity index (χ3v) is 6.05. The van der Waals surface area contributed by atoms with Crippen LogP contribution in [0.25, 0.3) is 0 Å². The first-order chi connectivity index (χ1) is 12.3. The third kappa shape index (κ3) is 4.97. The van der Waals surface area contributed by atoms with Gasteiger partial charge in [0.2, 0.25) is 5.91 Å². The molecule has 0 aliphatic heterocycles. The van der Waals surface area contributed by atoms with Crippen LogP contribution in [0.4, 0.5) is 5.69 Å². The maximum Gasteiger partial charge on any atom is 0.338 e. The predicted molar refractivity (Wildman–Crippen MR) is 99.3 cm³/mol. The first-order valence-electron chi connectivity index (χ1n) is 8.62. The average molecular weight is 380 g/mol. The lowest BCUT2D eigenvalue weighted by molar-refractivity contribution is -0.387. The number of nitrogens with one attached hydrogen (secondary N) is 1. The molecule has 142 valence electrons. The van der Waals surface area contributed by atoms with Gasteiger partial charge in [-0.05, 0) is 30.4 Å². The van der Waals surface area contributed by atoms with Crippen molar-refractivity contribution in [3.05, 3.63) is 33.9 Å². The molecule has 7 nitrogen and oxygen atoms in total. The van der Waals surface area contributed by atoms with Gasteiger partial charge in [0.1, 0.15) is 0 Å². The van der Waals surface area contributed by atoms with E-state index in [1.807, 2.05) is 0 Å². The number of benzene rings is 1. The highest BCUT2D eigenvalue weighted by molar-refractivity contribution is 8.00. The Morgan fingerprint density at radius 1 is 1.35 bits per heavy atom. The van der Waals surface area contributed by atoms with Crippen LogP contribution in [-0.2, 0) is 9.53 Å². The molecule has 3 atom stereocenters. The molecule has 1 aromatic carbocycles. The van der Waals surface area contributed by atoms with Gasteiger partial charge < -0.3 is 10.1 Å². The van der Waals surface area contributed by atoms with Crippen LogP contribution in [0.2, 0.25) is 0 Å². The summed E-state index contributed by atoms with van der Waals surface area (Å²) < 4.78 is 4.58. The minimum atomic E-state index is -0.636. The Balaban J connectivity index is 2.00. The van der Waals surface area contributed by atoms with Gasteiger partial charge in [-0.1, -0.05) is 26.7 Å². The number of carbonyl (C=O) groups excluding carboxylic acids is 2. The fraction of sp³-hybridized carbons (Fsp3) is 0.556. The SMILES string of the molecule is COC(=O)c1ccc(SCC(=O)N[C@@H]2CCC[C@H](C)[C@@H]2C)c([N+](=O)[O-])c1. The normalized spacial score (nSPS) is 22.5. The summed E-state index contributed by atoms with van der Waals surface area (Å²) >= 11 is 1.10. The molecule has 1 amide bonds. The maximum absolute atomic E-state index is 12.3. The summed E-state index contributed by atoms with van der Waals surface area (Å²) in [5.74, 6) is 0.325. The van der Waals surface area contributed by atoms with E-state index in [2.05, 4.69) is 23.9 Å². The number of ether oxygens (including phenoxy) is 1. The van der Waals surface area contributed by atoms with E-state index in [1.54, 1.807) is 0 Å². The summed E-state index contributed by atoms with van der Waals surface area (Å²) in [6.07, 6.45) is 3.25. The van der Waals surface area contributed by atoms with Crippen molar-refractivity contribution in [2.75, 3.05) is 12.9 Å². The van der Waals surface area contributed by atoms with Gasteiger partial charge in [-0.3, -0.25) is 14.9 Å². The number of methoxy groups -OCH3 is 1. The lowest BCUT2D eigenvalue weighted by Crippen LogP contribution is -2.44. The Morgan fingerprint density at radius 2 is 2.08 bits per heavy atom. The number of nitro groups is 1. The average Bonchev–Trinajstić information content (AvgIpc) is 2.63. The van der Waals surface area contributed by atoms with Crippen LogP contribution < -0.4 is 5.32 Å². The number of thioether (sulfide) groups is 1. The van der Waals surface area contributed by atoms with E-state index >= 15 is 0 Å². The van der Waals surface area contributed by atoms with Gasteiger partial charge in [-0.2, -0.15) is 0 Å². The molecule has 0 unspecified atom stereocenters. The smallest absolute Gasteiger partial charge is 0.338 e. The molecular weight excluding hydrogens is 356 g/mol. The molecule has 1 aliphatic carbocycles. The molecule has 8 heteroatoms. The molecule has 0 bridgehead atoms. The van der Waals surface area contributed by atoms with Crippen LogP contribution in [0.15, 0.2) is 23.1 Å². The molecule has 0 heterocycles. The van der Waals surface area contributed by atoms with E-state index < -0.39 is 10.9 Å². The van der Waals surface area contributed by atoms with Crippen molar-refractivity contribution in [3.8, 4) is 0 Å². The summed E-state index contributed by atoms with van der Waals surface area (Å²) in [4.78, 5) is 34.8. The van der Waals surface area contributed by atoms with E-state index in [4.69, 9.17) is 0 Å². The number of amides is 1. The first-order valence-corrected chi connectivity index (χ1v) is 9.61. The number of carbonyl (C=O) groups is 2. The molecule has 26 heavy (non-hydrogen) atoms. The molecule has 1 aliphatic rings. The monoisotopic (exact) mass is 380 g/mol. The summed E-state index contributed by atoms with van der Waals surface area (Å²) in [7, 11) is 1.22. The van der Waals surface area contributed by atoms with Crippen LogP contribution in [-0.4, -0.2) is 35.7 Å². The molecule has 1 N–H and O–H groups in total. The van der Waals surface area contributed by atoms with Crippen molar-refractivity contribution >= 4 is 29.3 Å². The van der Waals surface area contributed by atoms with Crippen LogP contribution in [0.3, 0.4) is 0 Å². The van der Waals surface area contributed by atoms with Crippen molar-refractivity contribution in [3.63, 3.8) is 0 Å². The number of nitrogens with zero attached hydrogens (tertiary/aromatic N) is 1. The predicted octanol–water partition coefficient (Wildman–Crippen LogP) is 3.41. The number of nitro benzene ring substituents is 1. The first kappa shape index (κ1) is 20.2. The van der Waals surface area contributed by atoms with Gasteiger partial charge in [0.25, 0.3) is 5.69 Å². The molecule has 1 saturated carbocycles. The summed E-state index contributed by atoms with van der Waals surface area (Å²) in [6.45, 7) is 4.35. The zero-order chi connectivity index (χ0) is 19.3. The topological polar surface area (TPSA) is 98.5 Å². The Kier molecular flexibility index (Phi) is 7.02. The van der Waals surface area contributed by atoms with E-state index in [-0.39, 0.29) is 29.0 Å².